The van der Waals surface area contributed by atoms with Gasteiger partial charge in [-0.1, -0.05) is 22.6 Å². The number of hydrogen-bond donors (Lipinski definition) is 0. The van der Waals surface area contributed by atoms with Gasteiger partial charge in [0.1, 0.15) is 0 Å². The van der Waals surface area contributed by atoms with Crippen molar-refractivity contribution in [2.75, 3.05) is 0 Å². The lowest BCUT2D eigenvalue weighted by molar-refractivity contribution is -0.0850. The van der Waals surface area contributed by atoms with E-state index in [4.69, 9.17) is 0 Å². The van der Waals surface area contributed by atoms with Crippen LogP contribution in [0.2, 0.25) is 0 Å². The van der Waals surface area contributed by atoms with Crippen LogP contribution >= 0.6 is 22.6 Å². The van der Waals surface area contributed by atoms with Gasteiger partial charge in [0, 0.05) is 3.92 Å². The lowest BCUT2D eigenvalue weighted by atomic mass is 9.47. The Balaban J connectivity index is 1.61. The van der Waals surface area contributed by atoms with E-state index in [0.29, 0.717) is 0 Å². The molecule has 0 radical (unpaired) electrons. The maximum Gasteiger partial charge on any atom is 0.0143 e. The molecule has 7 unspecified atom stereocenters. The Morgan fingerprint density at radius 3 is 1.67 bits per heavy atom. The fourth-order valence-electron chi connectivity index (χ4n) is 5.06. The van der Waals surface area contributed by atoms with E-state index < -0.39 is 0 Å². The number of fused-ring (bicyclic) bond motifs is 5. The molecule has 7 atom stereocenters. The van der Waals surface area contributed by atoms with Crippen LogP contribution in [0.25, 0.3) is 0 Å². The SMILES string of the molecule is IC1CC2CCC2C2CCC2C2CCC12. The van der Waals surface area contributed by atoms with E-state index in [1.165, 1.54) is 23.7 Å². The Kier molecular flexibility index (Phi) is 2.18. The maximum atomic E-state index is 2.79. The summed E-state index contributed by atoms with van der Waals surface area (Å²) in [5.41, 5.74) is 0. The van der Waals surface area contributed by atoms with Crippen molar-refractivity contribution in [1.82, 2.24) is 0 Å². The third-order valence-corrected chi connectivity index (χ3v) is 7.77. The third-order valence-electron chi connectivity index (χ3n) is 6.34. The predicted molar refractivity (Wildman–Crippen MR) is 71.1 cm³/mol. The van der Waals surface area contributed by atoms with Gasteiger partial charge in [0.25, 0.3) is 0 Å². The van der Waals surface area contributed by atoms with E-state index in [2.05, 4.69) is 22.6 Å². The molecule has 0 amide bonds. The molecule has 0 spiro atoms. The van der Waals surface area contributed by atoms with Gasteiger partial charge in [-0.25, -0.2) is 0 Å². The molecular formula is C14H21I. The molecule has 4 rings (SSSR count). The second-order valence-electron chi connectivity index (χ2n) is 6.56. The molecule has 4 saturated carbocycles. The zero-order valence-corrected chi connectivity index (χ0v) is 11.5. The van der Waals surface area contributed by atoms with Gasteiger partial charge in [0.05, 0.1) is 0 Å². The average molecular weight is 316 g/mol. The quantitative estimate of drug-likeness (QED) is 0.462. The molecule has 0 nitrogen and oxygen atoms in total. The highest BCUT2D eigenvalue weighted by molar-refractivity contribution is 14.1. The van der Waals surface area contributed by atoms with Crippen LogP contribution in [-0.4, -0.2) is 3.92 Å². The molecule has 84 valence electrons. The molecular weight excluding hydrogens is 295 g/mol. The van der Waals surface area contributed by atoms with Crippen LogP contribution in [0.4, 0.5) is 0 Å². The van der Waals surface area contributed by atoms with Crippen molar-refractivity contribution in [3.63, 3.8) is 0 Å². The monoisotopic (exact) mass is 316 g/mol. The minimum Gasteiger partial charge on any atom is -0.0823 e. The third kappa shape index (κ3) is 1.25. The highest BCUT2D eigenvalue weighted by atomic mass is 127. The van der Waals surface area contributed by atoms with Crippen LogP contribution in [0.1, 0.15) is 44.9 Å². The van der Waals surface area contributed by atoms with Crippen LogP contribution in [-0.2, 0) is 0 Å². The van der Waals surface area contributed by atoms with Gasteiger partial charge < -0.3 is 0 Å². The normalized spacial score (nSPS) is 61.8. The van der Waals surface area contributed by atoms with Crippen LogP contribution in [0, 0.1) is 35.5 Å². The second-order valence-corrected chi connectivity index (χ2v) is 8.16. The minimum absolute atomic E-state index is 1.04. The van der Waals surface area contributed by atoms with E-state index in [1.807, 2.05) is 0 Å². The van der Waals surface area contributed by atoms with E-state index in [1.54, 1.807) is 44.9 Å². The number of alkyl halides is 1. The molecule has 15 heavy (non-hydrogen) atoms. The van der Waals surface area contributed by atoms with Crippen molar-refractivity contribution in [2.45, 2.75) is 48.9 Å². The van der Waals surface area contributed by atoms with Crippen LogP contribution in [0.5, 0.6) is 0 Å². The van der Waals surface area contributed by atoms with Crippen LogP contribution < -0.4 is 0 Å². The largest absolute Gasteiger partial charge is 0.0823 e. The summed E-state index contributed by atoms with van der Waals surface area (Å²) < 4.78 is 1.04. The first-order chi connectivity index (χ1) is 7.34. The van der Waals surface area contributed by atoms with Gasteiger partial charge in [-0.2, -0.15) is 0 Å². The molecule has 0 aromatic rings. The maximum absolute atomic E-state index is 2.79. The molecule has 0 aromatic carbocycles. The number of hydrogen-bond acceptors (Lipinski definition) is 0. The molecule has 0 aliphatic heterocycles. The van der Waals surface area contributed by atoms with Crippen molar-refractivity contribution in [3.8, 4) is 0 Å². The first-order valence-electron chi connectivity index (χ1n) is 6.98. The van der Waals surface area contributed by atoms with Gasteiger partial charge in [-0.3, -0.25) is 0 Å². The Morgan fingerprint density at radius 2 is 1.13 bits per heavy atom. The fraction of sp³-hybridized carbons (Fsp3) is 1.00. The highest BCUT2D eigenvalue weighted by Gasteiger charge is 2.54. The van der Waals surface area contributed by atoms with Gasteiger partial charge in [-0.05, 0) is 80.5 Å². The van der Waals surface area contributed by atoms with E-state index in [9.17, 15) is 0 Å². The zero-order chi connectivity index (χ0) is 9.99. The van der Waals surface area contributed by atoms with Crippen LogP contribution in [0.15, 0.2) is 0 Å². The molecule has 0 heterocycles. The Hall–Kier alpha value is 0.730. The van der Waals surface area contributed by atoms with E-state index >= 15 is 0 Å². The highest BCUT2D eigenvalue weighted by Crippen LogP contribution is 2.62. The summed E-state index contributed by atoms with van der Waals surface area (Å²) in [6, 6.07) is 0. The first kappa shape index (κ1) is 9.73. The van der Waals surface area contributed by atoms with Gasteiger partial charge in [-0.15, -0.1) is 0 Å². The summed E-state index contributed by atoms with van der Waals surface area (Å²) in [6.07, 6.45) is 11.1. The summed E-state index contributed by atoms with van der Waals surface area (Å²) in [4.78, 5) is 0. The zero-order valence-electron chi connectivity index (χ0n) is 9.37. The lowest BCUT2D eigenvalue weighted by Gasteiger charge is -2.60. The molecule has 0 aromatic heterocycles. The predicted octanol–water partition coefficient (Wildman–Crippen LogP) is 4.27. The topological polar surface area (TPSA) is 0 Å². The summed E-state index contributed by atoms with van der Waals surface area (Å²) in [5, 5.41) is 0. The number of rotatable bonds is 0. The molecule has 4 fully saturated rings. The summed E-state index contributed by atoms with van der Waals surface area (Å²) in [6.45, 7) is 0. The summed E-state index contributed by atoms with van der Waals surface area (Å²) >= 11 is 2.79. The molecule has 0 bridgehead atoms. The van der Waals surface area contributed by atoms with Crippen molar-refractivity contribution in [1.29, 1.82) is 0 Å². The standard InChI is InChI=1S/C14H21I/c15-14-7-8-1-2-9(8)10-3-4-11(10)12-5-6-13(12)14/h8-14H,1-7H2. The molecule has 4 aliphatic rings. The Bertz CT molecular complexity index is 259. The smallest absolute Gasteiger partial charge is 0.0143 e. The van der Waals surface area contributed by atoms with E-state index in [-0.39, 0.29) is 0 Å². The van der Waals surface area contributed by atoms with Crippen molar-refractivity contribution in [3.05, 3.63) is 0 Å². The van der Waals surface area contributed by atoms with Gasteiger partial charge in [0.2, 0.25) is 0 Å². The number of halogens is 1. The molecule has 0 saturated heterocycles. The summed E-state index contributed by atoms with van der Waals surface area (Å²) in [7, 11) is 0. The second kappa shape index (κ2) is 3.36. The first-order valence-corrected chi connectivity index (χ1v) is 8.23. The Labute approximate surface area is 107 Å². The van der Waals surface area contributed by atoms with Gasteiger partial charge >= 0.3 is 0 Å². The lowest BCUT2D eigenvalue weighted by Crippen LogP contribution is -2.53. The Morgan fingerprint density at radius 1 is 0.600 bits per heavy atom. The van der Waals surface area contributed by atoms with Crippen molar-refractivity contribution >= 4 is 22.6 Å². The average Bonchev–Trinajstić information content (AvgIpc) is 2.12. The van der Waals surface area contributed by atoms with Crippen LogP contribution in [0.3, 0.4) is 0 Å². The molecule has 4 aliphatic carbocycles. The van der Waals surface area contributed by atoms with Crippen molar-refractivity contribution in [2.24, 2.45) is 35.5 Å². The van der Waals surface area contributed by atoms with E-state index in [0.717, 1.165) is 15.8 Å². The van der Waals surface area contributed by atoms with Crippen molar-refractivity contribution < 1.29 is 0 Å². The molecule has 0 N–H and O–H groups in total. The fourth-order valence-corrected chi connectivity index (χ4v) is 6.61. The van der Waals surface area contributed by atoms with Gasteiger partial charge in [0.15, 0.2) is 0 Å². The molecule has 1 heteroatoms. The minimum atomic E-state index is 1.04. The summed E-state index contributed by atoms with van der Waals surface area (Å²) in [5.74, 6) is 7.03.